The Morgan fingerprint density at radius 1 is 1.62 bits per heavy atom. The van der Waals surface area contributed by atoms with Crippen LogP contribution in [0.1, 0.15) is 13.3 Å². The maximum absolute atomic E-state index is 5.62. The van der Waals surface area contributed by atoms with Crippen molar-refractivity contribution in [1.29, 1.82) is 0 Å². The van der Waals surface area contributed by atoms with Crippen molar-refractivity contribution in [2.45, 2.75) is 19.4 Å². The van der Waals surface area contributed by atoms with Crippen LogP contribution in [0.2, 0.25) is 5.02 Å². The smallest absolute Gasteiger partial charge is 0.222 e. The van der Waals surface area contributed by atoms with E-state index in [0.29, 0.717) is 17.4 Å². The van der Waals surface area contributed by atoms with Crippen LogP contribution < -0.4 is 5.32 Å². The summed E-state index contributed by atoms with van der Waals surface area (Å²) in [4.78, 5) is 7.96. The average molecular weight is 196 g/mol. The van der Waals surface area contributed by atoms with E-state index in [1.807, 2.05) is 6.92 Å². The molecule has 3 nitrogen and oxygen atoms in total. The minimum absolute atomic E-state index is 0.172. The lowest BCUT2D eigenvalue weighted by molar-refractivity contribution is 0.812. The summed E-state index contributed by atoms with van der Waals surface area (Å²) >= 11 is 5.62. The van der Waals surface area contributed by atoms with E-state index >= 15 is 0 Å². The topological polar surface area (TPSA) is 37.8 Å². The molecule has 4 heteroatoms. The first-order chi connectivity index (χ1) is 6.22. The Bertz CT molecular complexity index is 302. The van der Waals surface area contributed by atoms with Crippen molar-refractivity contribution in [1.82, 2.24) is 9.97 Å². The lowest BCUT2D eigenvalue weighted by Gasteiger charge is -2.09. The molecule has 13 heavy (non-hydrogen) atoms. The van der Waals surface area contributed by atoms with Gasteiger partial charge in [-0.25, -0.2) is 9.97 Å². The van der Waals surface area contributed by atoms with Crippen molar-refractivity contribution in [3.63, 3.8) is 0 Å². The molecule has 0 aliphatic carbocycles. The third-order valence-corrected chi connectivity index (χ3v) is 1.62. The Morgan fingerprint density at radius 3 is 2.77 bits per heavy atom. The molecule has 0 aromatic carbocycles. The molecule has 0 saturated carbocycles. The molecule has 0 aliphatic rings. The third-order valence-electron chi connectivity index (χ3n) is 1.42. The Balaban J connectivity index is 2.55. The Morgan fingerprint density at radius 2 is 2.23 bits per heavy atom. The standard InChI is InChI=1S/C9H10ClN3/c1-3-4-7(2)13-9-11-5-8(10)6-12-9/h1,5-7H,4H2,2H3,(H,11,12,13). The van der Waals surface area contributed by atoms with Gasteiger partial charge in [0, 0.05) is 12.5 Å². The zero-order chi connectivity index (χ0) is 9.68. The summed E-state index contributed by atoms with van der Waals surface area (Å²) in [6.07, 6.45) is 8.88. The van der Waals surface area contributed by atoms with E-state index in [-0.39, 0.29) is 6.04 Å². The van der Waals surface area contributed by atoms with Gasteiger partial charge < -0.3 is 5.32 Å². The lowest BCUT2D eigenvalue weighted by Crippen LogP contribution is -2.15. The van der Waals surface area contributed by atoms with Crippen molar-refractivity contribution in [2.24, 2.45) is 0 Å². The second-order valence-corrected chi connectivity index (χ2v) is 3.11. The summed E-state index contributed by atoms with van der Waals surface area (Å²) in [6.45, 7) is 1.97. The molecule has 1 atom stereocenters. The van der Waals surface area contributed by atoms with Gasteiger partial charge in [-0.05, 0) is 6.92 Å². The third kappa shape index (κ3) is 3.30. The van der Waals surface area contributed by atoms with Crippen LogP contribution in [0.15, 0.2) is 12.4 Å². The molecule has 0 fully saturated rings. The van der Waals surface area contributed by atoms with Crippen molar-refractivity contribution in [2.75, 3.05) is 5.32 Å². The molecule has 1 N–H and O–H groups in total. The highest BCUT2D eigenvalue weighted by Gasteiger charge is 2.01. The van der Waals surface area contributed by atoms with E-state index in [9.17, 15) is 0 Å². The highest BCUT2D eigenvalue weighted by Crippen LogP contribution is 2.06. The van der Waals surface area contributed by atoms with Gasteiger partial charge in [0.25, 0.3) is 0 Å². The molecule has 1 rings (SSSR count). The molecule has 1 aromatic heterocycles. The number of rotatable bonds is 3. The Hall–Kier alpha value is -1.27. The zero-order valence-corrected chi connectivity index (χ0v) is 8.04. The maximum atomic E-state index is 5.62. The monoisotopic (exact) mass is 195 g/mol. The molecule has 0 amide bonds. The summed E-state index contributed by atoms with van der Waals surface area (Å²) in [6, 6.07) is 0.172. The molecule has 1 unspecified atom stereocenters. The SMILES string of the molecule is C#CCC(C)Nc1ncc(Cl)cn1. The first kappa shape index (κ1) is 9.82. The van der Waals surface area contributed by atoms with Crippen LogP contribution in [0.5, 0.6) is 0 Å². The van der Waals surface area contributed by atoms with Crippen molar-refractivity contribution in [3.8, 4) is 12.3 Å². The number of hydrogen-bond acceptors (Lipinski definition) is 3. The molecular formula is C9H10ClN3. The van der Waals surface area contributed by atoms with Crippen LogP contribution in [0.4, 0.5) is 5.95 Å². The molecule has 0 bridgehead atoms. The molecule has 0 radical (unpaired) electrons. The quantitative estimate of drug-likeness (QED) is 0.750. The largest absolute Gasteiger partial charge is 0.351 e. The first-order valence-electron chi connectivity index (χ1n) is 3.90. The first-order valence-corrected chi connectivity index (χ1v) is 4.27. The predicted octanol–water partition coefficient (Wildman–Crippen LogP) is 1.95. The molecule has 0 saturated heterocycles. The number of nitrogens with zero attached hydrogens (tertiary/aromatic N) is 2. The summed E-state index contributed by atoms with van der Waals surface area (Å²) in [7, 11) is 0. The fraction of sp³-hybridized carbons (Fsp3) is 0.333. The van der Waals surface area contributed by atoms with Gasteiger partial charge in [0.2, 0.25) is 5.95 Å². The number of anilines is 1. The number of aromatic nitrogens is 2. The maximum Gasteiger partial charge on any atom is 0.222 e. The van der Waals surface area contributed by atoms with Crippen molar-refractivity contribution < 1.29 is 0 Å². The van der Waals surface area contributed by atoms with E-state index in [2.05, 4.69) is 21.2 Å². The Labute approximate surface area is 82.5 Å². The van der Waals surface area contributed by atoms with Crippen LogP contribution in [-0.2, 0) is 0 Å². The highest BCUT2D eigenvalue weighted by atomic mass is 35.5. The second-order valence-electron chi connectivity index (χ2n) is 2.68. The Kier molecular flexibility index (Phi) is 3.53. The minimum atomic E-state index is 0.172. The molecule has 68 valence electrons. The molecule has 1 aromatic rings. The van der Waals surface area contributed by atoms with Crippen LogP contribution in [0, 0.1) is 12.3 Å². The van der Waals surface area contributed by atoms with Crippen LogP contribution in [-0.4, -0.2) is 16.0 Å². The molecule has 1 heterocycles. The lowest BCUT2D eigenvalue weighted by atomic mass is 10.2. The van der Waals surface area contributed by atoms with Gasteiger partial charge in [-0.2, -0.15) is 0 Å². The number of halogens is 1. The number of terminal acetylenes is 1. The van der Waals surface area contributed by atoms with Gasteiger partial charge in [0.1, 0.15) is 0 Å². The van der Waals surface area contributed by atoms with Gasteiger partial charge in [-0.3, -0.25) is 0 Å². The second kappa shape index (κ2) is 4.68. The van der Waals surface area contributed by atoms with Gasteiger partial charge in [-0.15, -0.1) is 12.3 Å². The van der Waals surface area contributed by atoms with Crippen molar-refractivity contribution in [3.05, 3.63) is 17.4 Å². The molecule has 0 aliphatic heterocycles. The van der Waals surface area contributed by atoms with E-state index in [0.717, 1.165) is 0 Å². The highest BCUT2D eigenvalue weighted by molar-refractivity contribution is 6.30. The van der Waals surface area contributed by atoms with Crippen molar-refractivity contribution >= 4 is 17.5 Å². The average Bonchev–Trinajstić information content (AvgIpc) is 2.09. The van der Waals surface area contributed by atoms with Crippen LogP contribution in [0.3, 0.4) is 0 Å². The van der Waals surface area contributed by atoms with Gasteiger partial charge in [-0.1, -0.05) is 11.6 Å². The van der Waals surface area contributed by atoms with Gasteiger partial charge >= 0.3 is 0 Å². The number of hydrogen-bond donors (Lipinski definition) is 1. The van der Waals surface area contributed by atoms with Gasteiger partial charge in [0.15, 0.2) is 0 Å². The van der Waals surface area contributed by atoms with E-state index in [1.54, 1.807) is 12.4 Å². The predicted molar refractivity (Wildman–Crippen MR) is 53.6 cm³/mol. The fourth-order valence-electron chi connectivity index (χ4n) is 0.835. The van der Waals surface area contributed by atoms with Crippen LogP contribution >= 0.6 is 11.6 Å². The fourth-order valence-corrected chi connectivity index (χ4v) is 0.933. The summed E-state index contributed by atoms with van der Waals surface area (Å²) in [5.41, 5.74) is 0. The van der Waals surface area contributed by atoms with Crippen LogP contribution in [0.25, 0.3) is 0 Å². The van der Waals surface area contributed by atoms with E-state index in [4.69, 9.17) is 18.0 Å². The number of nitrogens with one attached hydrogen (secondary N) is 1. The summed E-state index contributed by atoms with van der Waals surface area (Å²) in [5.74, 6) is 3.10. The molecular weight excluding hydrogens is 186 g/mol. The minimum Gasteiger partial charge on any atom is -0.351 e. The summed E-state index contributed by atoms with van der Waals surface area (Å²) < 4.78 is 0. The van der Waals surface area contributed by atoms with E-state index in [1.165, 1.54) is 0 Å². The van der Waals surface area contributed by atoms with Gasteiger partial charge in [0.05, 0.1) is 17.4 Å². The normalized spacial score (nSPS) is 11.8. The zero-order valence-electron chi connectivity index (χ0n) is 7.29. The summed E-state index contributed by atoms with van der Waals surface area (Å²) in [5, 5.41) is 3.57. The molecule has 0 spiro atoms. The van der Waals surface area contributed by atoms with E-state index < -0.39 is 0 Å².